The van der Waals surface area contributed by atoms with Crippen molar-refractivity contribution in [1.29, 1.82) is 0 Å². The largest absolute Gasteiger partial charge is 0.465 e. The summed E-state index contributed by atoms with van der Waals surface area (Å²) in [5.41, 5.74) is 6.22. The van der Waals surface area contributed by atoms with Crippen LogP contribution in [0.4, 0.5) is 17.2 Å². The molecule has 1 amide bonds. The molecule has 0 aliphatic carbocycles. The molecule has 4 N–H and O–H groups in total. The molecule has 0 saturated heterocycles. The number of nitrogens with one attached hydrogen (secondary N) is 2. The van der Waals surface area contributed by atoms with Crippen LogP contribution in [0.5, 0.6) is 0 Å². The fourth-order valence-corrected chi connectivity index (χ4v) is 3.40. The summed E-state index contributed by atoms with van der Waals surface area (Å²) in [4.78, 5) is 53.5. The standard InChI is InChI=1S/C23H25N5O5/c1-3-27(14-18(29)25-17-12-8-7-11-16(17)22(31)33-2)19-20(24)28(23(32)26-21(19)30)13-15-9-5-4-6-10-15/h4-12H,3,13-14,24H2,1-2H3,(H,25,29)(H,26,30,32). The van der Waals surface area contributed by atoms with Crippen molar-refractivity contribution in [2.75, 3.05) is 36.1 Å². The topological polar surface area (TPSA) is 140 Å². The third kappa shape index (κ3) is 5.29. The minimum atomic E-state index is -0.688. The summed E-state index contributed by atoms with van der Waals surface area (Å²) in [6.07, 6.45) is 0. The van der Waals surface area contributed by atoms with Crippen LogP contribution in [0, 0.1) is 0 Å². The number of likely N-dealkylation sites (N-methyl/N-ethyl adjacent to an activating group) is 1. The van der Waals surface area contributed by atoms with E-state index in [1.54, 1.807) is 25.1 Å². The van der Waals surface area contributed by atoms with Gasteiger partial charge in [0, 0.05) is 6.54 Å². The quantitative estimate of drug-likeness (QED) is 0.440. The van der Waals surface area contributed by atoms with Crippen molar-refractivity contribution in [2.24, 2.45) is 0 Å². The third-order valence-corrected chi connectivity index (χ3v) is 5.04. The van der Waals surface area contributed by atoms with Crippen LogP contribution in [0.1, 0.15) is 22.8 Å². The predicted molar refractivity (Wildman–Crippen MR) is 126 cm³/mol. The molecule has 0 radical (unpaired) electrons. The second-order valence-corrected chi connectivity index (χ2v) is 7.16. The molecule has 3 rings (SSSR count). The van der Waals surface area contributed by atoms with Crippen molar-refractivity contribution in [3.05, 3.63) is 86.6 Å². The van der Waals surface area contributed by atoms with Crippen LogP contribution < -0.4 is 27.2 Å². The lowest BCUT2D eigenvalue weighted by molar-refractivity contribution is -0.115. The molecule has 0 saturated carbocycles. The van der Waals surface area contributed by atoms with Gasteiger partial charge in [-0.25, -0.2) is 9.59 Å². The summed E-state index contributed by atoms with van der Waals surface area (Å²) in [7, 11) is 1.25. The van der Waals surface area contributed by atoms with E-state index in [4.69, 9.17) is 10.5 Å². The summed E-state index contributed by atoms with van der Waals surface area (Å²) in [5, 5.41) is 2.66. The fraction of sp³-hybridized carbons (Fsp3) is 0.217. The number of hydrogen-bond donors (Lipinski definition) is 3. The first-order chi connectivity index (χ1) is 15.8. The van der Waals surface area contributed by atoms with E-state index in [1.165, 1.54) is 22.6 Å². The van der Waals surface area contributed by atoms with Crippen LogP contribution in [0.3, 0.4) is 0 Å². The lowest BCUT2D eigenvalue weighted by atomic mass is 10.2. The number of aromatic nitrogens is 2. The number of carbonyl (C=O) groups is 2. The van der Waals surface area contributed by atoms with Gasteiger partial charge in [-0.1, -0.05) is 42.5 Å². The van der Waals surface area contributed by atoms with Gasteiger partial charge in [-0.2, -0.15) is 0 Å². The second-order valence-electron chi connectivity index (χ2n) is 7.16. The van der Waals surface area contributed by atoms with E-state index in [2.05, 4.69) is 10.3 Å². The molecule has 172 valence electrons. The molecule has 2 aromatic carbocycles. The average Bonchev–Trinajstić information content (AvgIpc) is 2.81. The molecular weight excluding hydrogens is 426 g/mol. The lowest BCUT2D eigenvalue weighted by Crippen LogP contribution is -2.41. The number of para-hydroxylation sites is 1. The molecular formula is C23H25N5O5. The molecule has 3 aromatic rings. The Bertz CT molecular complexity index is 1270. The third-order valence-electron chi connectivity index (χ3n) is 5.04. The highest BCUT2D eigenvalue weighted by Crippen LogP contribution is 2.19. The normalized spacial score (nSPS) is 10.5. The number of hydrogen-bond acceptors (Lipinski definition) is 7. The van der Waals surface area contributed by atoms with E-state index < -0.39 is 23.1 Å². The zero-order chi connectivity index (χ0) is 24.0. The Kier molecular flexibility index (Phi) is 7.29. The first-order valence-electron chi connectivity index (χ1n) is 10.2. The number of esters is 1. The van der Waals surface area contributed by atoms with Gasteiger partial charge in [0.2, 0.25) is 5.91 Å². The van der Waals surface area contributed by atoms with Gasteiger partial charge in [0.1, 0.15) is 11.5 Å². The van der Waals surface area contributed by atoms with E-state index in [9.17, 15) is 19.2 Å². The van der Waals surface area contributed by atoms with Crippen molar-refractivity contribution in [1.82, 2.24) is 9.55 Å². The van der Waals surface area contributed by atoms with Crippen molar-refractivity contribution in [3.8, 4) is 0 Å². The summed E-state index contributed by atoms with van der Waals surface area (Å²) < 4.78 is 5.99. The molecule has 0 aliphatic heterocycles. The fourth-order valence-electron chi connectivity index (χ4n) is 3.40. The van der Waals surface area contributed by atoms with Gasteiger partial charge >= 0.3 is 11.7 Å². The molecule has 1 heterocycles. The Labute approximate surface area is 189 Å². The molecule has 0 aliphatic rings. The Morgan fingerprint density at radius 3 is 2.42 bits per heavy atom. The minimum Gasteiger partial charge on any atom is -0.465 e. The number of nitrogens with zero attached hydrogens (tertiary/aromatic N) is 2. The first kappa shape index (κ1) is 23.3. The number of carbonyl (C=O) groups excluding carboxylic acids is 2. The number of benzene rings is 2. The minimum absolute atomic E-state index is 0.0180. The number of nitrogen functional groups attached to an aromatic ring is 1. The average molecular weight is 451 g/mol. The summed E-state index contributed by atoms with van der Waals surface area (Å²) in [6.45, 7) is 1.94. The number of aromatic amines is 1. The van der Waals surface area contributed by atoms with E-state index in [0.29, 0.717) is 0 Å². The SMILES string of the molecule is CCN(CC(=O)Nc1ccccc1C(=O)OC)c1c(N)n(Cc2ccccc2)c(=O)[nH]c1=O. The second kappa shape index (κ2) is 10.3. The van der Waals surface area contributed by atoms with Gasteiger partial charge in [0.25, 0.3) is 5.56 Å². The molecule has 0 fully saturated rings. The van der Waals surface area contributed by atoms with Crippen molar-refractivity contribution < 1.29 is 14.3 Å². The summed E-state index contributed by atoms with van der Waals surface area (Å²) >= 11 is 0. The monoisotopic (exact) mass is 451 g/mol. The molecule has 10 heteroatoms. The number of methoxy groups -OCH3 is 1. The Morgan fingerprint density at radius 2 is 1.76 bits per heavy atom. The highest BCUT2D eigenvalue weighted by Gasteiger charge is 2.21. The van der Waals surface area contributed by atoms with Crippen molar-refractivity contribution in [3.63, 3.8) is 0 Å². The molecule has 10 nitrogen and oxygen atoms in total. The Hall–Kier alpha value is -4.34. The van der Waals surface area contributed by atoms with E-state index in [0.717, 1.165) is 5.56 Å². The molecule has 33 heavy (non-hydrogen) atoms. The molecule has 0 unspecified atom stereocenters. The highest BCUT2D eigenvalue weighted by atomic mass is 16.5. The molecule has 0 bridgehead atoms. The van der Waals surface area contributed by atoms with Gasteiger partial charge < -0.3 is 20.7 Å². The van der Waals surface area contributed by atoms with Crippen LogP contribution in [0.25, 0.3) is 0 Å². The van der Waals surface area contributed by atoms with Gasteiger partial charge in [0.15, 0.2) is 0 Å². The molecule has 0 spiro atoms. The molecule has 0 atom stereocenters. The predicted octanol–water partition coefficient (Wildman–Crippen LogP) is 1.42. The smallest absolute Gasteiger partial charge is 0.339 e. The maximum absolute atomic E-state index is 12.8. The van der Waals surface area contributed by atoms with Crippen LogP contribution in [-0.2, 0) is 16.1 Å². The van der Waals surface area contributed by atoms with Gasteiger partial charge in [-0.15, -0.1) is 0 Å². The van der Waals surface area contributed by atoms with Crippen LogP contribution >= 0.6 is 0 Å². The van der Waals surface area contributed by atoms with Gasteiger partial charge in [0.05, 0.1) is 31.5 Å². The van der Waals surface area contributed by atoms with Crippen LogP contribution in [0.2, 0.25) is 0 Å². The zero-order valence-corrected chi connectivity index (χ0v) is 18.3. The van der Waals surface area contributed by atoms with E-state index >= 15 is 0 Å². The number of anilines is 3. The number of H-pyrrole nitrogens is 1. The lowest BCUT2D eigenvalue weighted by Gasteiger charge is -2.24. The first-order valence-corrected chi connectivity index (χ1v) is 10.2. The van der Waals surface area contributed by atoms with Gasteiger partial charge in [-0.05, 0) is 24.6 Å². The highest BCUT2D eigenvalue weighted by molar-refractivity contribution is 6.02. The summed E-state index contributed by atoms with van der Waals surface area (Å²) in [5.74, 6) is -1.11. The Morgan fingerprint density at radius 1 is 1.09 bits per heavy atom. The van der Waals surface area contributed by atoms with Gasteiger partial charge in [-0.3, -0.25) is 19.1 Å². The van der Waals surface area contributed by atoms with E-state index in [-0.39, 0.29) is 42.4 Å². The number of amides is 1. The van der Waals surface area contributed by atoms with E-state index in [1.807, 2.05) is 30.3 Å². The Balaban J connectivity index is 1.88. The summed E-state index contributed by atoms with van der Waals surface area (Å²) in [6, 6.07) is 15.6. The zero-order valence-electron chi connectivity index (χ0n) is 18.3. The van der Waals surface area contributed by atoms with Crippen molar-refractivity contribution in [2.45, 2.75) is 13.5 Å². The number of rotatable bonds is 8. The maximum Gasteiger partial charge on any atom is 0.339 e. The van der Waals surface area contributed by atoms with Crippen LogP contribution in [0.15, 0.2) is 64.2 Å². The number of nitrogens with two attached hydrogens (primary N) is 1. The maximum atomic E-state index is 12.8. The molecule has 1 aromatic heterocycles. The van der Waals surface area contributed by atoms with Crippen molar-refractivity contribution >= 4 is 29.1 Å². The number of ether oxygens (including phenoxy) is 1. The van der Waals surface area contributed by atoms with Crippen LogP contribution in [-0.4, -0.2) is 41.6 Å².